The zero-order valence-electron chi connectivity index (χ0n) is 32.6. The van der Waals surface area contributed by atoms with Crippen LogP contribution in [-0.4, -0.2) is 137 Å². The molecule has 0 unspecified atom stereocenters. The van der Waals surface area contributed by atoms with Gasteiger partial charge in [0.2, 0.25) is 17.2 Å². The van der Waals surface area contributed by atoms with Crippen molar-refractivity contribution in [2.75, 3.05) is 58.1 Å². The van der Waals surface area contributed by atoms with Gasteiger partial charge in [0, 0.05) is 41.0 Å². The van der Waals surface area contributed by atoms with E-state index < -0.39 is 177 Å². The van der Waals surface area contributed by atoms with E-state index in [1.165, 1.54) is 0 Å². The number of aromatic nitrogens is 3. The van der Waals surface area contributed by atoms with Crippen LogP contribution < -0.4 is 39.8 Å². The van der Waals surface area contributed by atoms with Crippen LogP contribution in [0.1, 0.15) is 0 Å². The Kier molecular flexibility index (Phi) is 17.2. The number of fused-ring (bicyclic) bond motifs is 2. The van der Waals surface area contributed by atoms with E-state index in [2.05, 4.69) is 30.5 Å². The van der Waals surface area contributed by atoms with Crippen LogP contribution >= 0.6 is 34.8 Å². The molecular formula is C31H29Cl3N7NaO17S6. The number of rotatable bonds is 19. The number of nitrogens with zero attached hydrogens (tertiary/aromatic N) is 6. The first-order chi connectivity index (χ1) is 29.5. The van der Waals surface area contributed by atoms with Crippen molar-refractivity contribution in [3.63, 3.8) is 0 Å². The minimum Gasteiger partial charge on any atom is -0.744 e. The zero-order valence-corrected chi connectivity index (χ0v) is 41.8. The molecule has 0 saturated carbocycles. The van der Waals surface area contributed by atoms with E-state index >= 15 is 0 Å². The molecule has 0 amide bonds. The summed E-state index contributed by atoms with van der Waals surface area (Å²) in [5, 5.41) is 18.5. The summed E-state index contributed by atoms with van der Waals surface area (Å²) in [6, 6.07) is 6.34. The second-order valence-electron chi connectivity index (χ2n) is 13.0. The first-order valence-corrected chi connectivity index (χ1v) is 27.9. The number of halogens is 3. The van der Waals surface area contributed by atoms with Crippen LogP contribution in [0.2, 0.25) is 5.28 Å². The van der Waals surface area contributed by atoms with Crippen molar-refractivity contribution in [1.82, 2.24) is 15.0 Å². The third kappa shape index (κ3) is 13.5. The Labute approximate surface area is 407 Å². The fraction of sp³-hybridized carbons (Fsp3) is 0.258. The summed E-state index contributed by atoms with van der Waals surface area (Å²) in [6.45, 7) is -0.864. The van der Waals surface area contributed by atoms with E-state index in [-0.39, 0.29) is 41.3 Å². The van der Waals surface area contributed by atoms with Crippen molar-refractivity contribution in [2.24, 2.45) is 10.2 Å². The van der Waals surface area contributed by atoms with Crippen LogP contribution in [0.25, 0.3) is 21.5 Å². The van der Waals surface area contributed by atoms with Crippen LogP contribution in [0.4, 0.5) is 29.0 Å². The number of anilines is 3. The molecule has 0 aliphatic heterocycles. The van der Waals surface area contributed by atoms with Gasteiger partial charge in [0.05, 0.1) is 38.5 Å². The van der Waals surface area contributed by atoms with Gasteiger partial charge in [-0.2, -0.15) is 40.2 Å². The molecule has 5 N–H and O–H groups in total. The first-order valence-electron chi connectivity index (χ1n) is 17.1. The molecule has 5 aromatic rings. The average molecular weight is 1090 g/mol. The van der Waals surface area contributed by atoms with Crippen LogP contribution in [-0.2, 0) is 60.1 Å². The molecule has 0 spiro atoms. The van der Waals surface area contributed by atoms with Gasteiger partial charge in [0.15, 0.2) is 25.4 Å². The largest absolute Gasteiger partial charge is 1.00 e. The molecule has 0 atom stereocenters. The van der Waals surface area contributed by atoms with Crippen LogP contribution in [0, 0.1) is 0 Å². The molecule has 65 heavy (non-hydrogen) atoms. The zero-order chi connectivity index (χ0) is 47.8. The molecule has 348 valence electrons. The minimum absolute atomic E-state index is 0. The van der Waals surface area contributed by atoms with Gasteiger partial charge in [-0.15, -0.1) is 33.4 Å². The number of azo groups is 1. The second kappa shape index (κ2) is 20.6. The van der Waals surface area contributed by atoms with Crippen LogP contribution in [0.5, 0.6) is 5.75 Å². The minimum atomic E-state index is -5.62. The summed E-state index contributed by atoms with van der Waals surface area (Å²) < 4.78 is 192. The average Bonchev–Trinajstić information content (AvgIpc) is 3.14. The second-order valence-corrected chi connectivity index (χ2v) is 24.2. The molecule has 0 bridgehead atoms. The third-order valence-corrected chi connectivity index (χ3v) is 16.5. The molecule has 0 saturated heterocycles. The first kappa shape index (κ1) is 54.4. The van der Waals surface area contributed by atoms with Gasteiger partial charge >= 0.3 is 29.6 Å². The summed E-state index contributed by atoms with van der Waals surface area (Å²) in [5.74, 6) is -4.93. The molecule has 4 aromatic carbocycles. The molecule has 24 nitrogen and oxygen atoms in total. The molecule has 34 heteroatoms. The number of alkyl halides is 2. The topological polar surface area (TPSA) is 387 Å². The van der Waals surface area contributed by atoms with Crippen LogP contribution in [0.3, 0.4) is 0 Å². The van der Waals surface area contributed by atoms with Gasteiger partial charge in [0.25, 0.3) is 30.4 Å². The van der Waals surface area contributed by atoms with E-state index in [0.29, 0.717) is 18.2 Å². The van der Waals surface area contributed by atoms with Crippen molar-refractivity contribution in [3.8, 4) is 5.75 Å². The van der Waals surface area contributed by atoms with Crippen LogP contribution in [0.15, 0.2) is 78.3 Å². The number of nitrogens with one attached hydrogen (secondary N) is 1. The Morgan fingerprint density at radius 3 is 1.80 bits per heavy atom. The Bertz CT molecular complexity index is 3390. The van der Waals surface area contributed by atoms with Crippen molar-refractivity contribution in [1.29, 1.82) is 0 Å². The molecule has 0 fully saturated rings. The van der Waals surface area contributed by atoms with Gasteiger partial charge < -0.3 is 19.9 Å². The molecule has 0 radical (unpaired) electrons. The summed E-state index contributed by atoms with van der Waals surface area (Å²) in [7, 11) is -28.9. The Hall–Kier alpha value is -3.18. The molecular weight excluding hydrogens is 1060 g/mol. The van der Waals surface area contributed by atoms with E-state index in [1.54, 1.807) is 0 Å². The molecule has 5 rings (SSSR count). The fourth-order valence-electron chi connectivity index (χ4n) is 5.87. The maximum atomic E-state index is 12.7. The Balaban J connectivity index is 0.00000925. The Morgan fingerprint density at radius 1 is 0.692 bits per heavy atom. The van der Waals surface area contributed by atoms with Crippen molar-refractivity contribution < 1.29 is 103 Å². The number of phenolic OH excluding ortho intramolecular Hbond substituents is 1. The number of sulfone groups is 2. The molecule has 1 aromatic heterocycles. The Morgan fingerprint density at radius 2 is 1.28 bits per heavy atom. The van der Waals surface area contributed by atoms with Gasteiger partial charge in [-0.05, 0) is 47.3 Å². The van der Waals surface area contributed by atoms with Gasteiger partial charge in [-0.25, -0.2) is 25.3 Å². The van der Waals surface area contributed by atoms with Gasteiger partial charge in [-0.1, -0.05) is 18.2 Å². The summed E-state index contributed by atoms with van der Waals surface area (Å²) >= 11 is 17.4. The molecule has 1 heterocycles. The van der Waals surface area contributed by atoms with E-state index in [4.69, 9.17) is 34.8 Å². The quantitative estimate of drug-likeness (QED) is 0.0324. The predicted octanol–water partition coefficient (Wildman–Crippen LogP) is 0.458. The number of benzene rings is 4. The standard InChI is InChI=1S/C31H30Cl3N7O17S6.Na/c32-6-10-59(43,44)12-8-41(9-13-60(45,46)11-7-33)31-37-29(34)36-30(38-31)35-22-16-18(61(47,48)49)14-17-15-24(63(53,54)55)26(27(42)25(17)22)40-39-21-5-4-19-20(28(21)64(56,57)58)2-1-3-23(19)62(50,51)52;/h1-5,14-16,42H,6-13H2,(H,47,48,49)(H,50,51,52)(H,53,54,55)(H,56,57,58)(H,35,36,37,38);/q;+1/p-1. The summed E-state index contributed by atoms with van der Waals surface area (Å²) in [4.78, 5) is 8.74. The fourth-order valence-corrected chi connectivity index (χ4v) is 12.0. The van der Waals surface area contributed by atoms with E-state index in [0.717, 1.165) is 35.2 Å². The van der Waals surface area contributed by atoms with Gasteiger partial charge in [-0.3, -0.25) is 13.7 Å². The normalized spacial score (nSPS) is 13.0. The molecule has 0 aliphatic rings. The SMILES string of the molecule is O=S(=O)(CCCl)CCN(CCS(=O)(=O)CCCl)c1nc(Cl)nc(Nc2cc(S(=O)(=O)O)cc3cc(S(=O)(=O)O)c(N=Nc4ccc5c(S(=O)(=O)O)cccc5c4S(=O)(=O)[O-])c(O)c23)n1.[Na+]. The number of phenols is 1. The van der Waals surface area contributed by atoms with E-state index in [1.807, 2.05) is 0 Å². The monoisotopic (exact) mass is 1090 g/mol. The van der Waals surface area contributed by atoms with Gasteiger partial charge in [0.1, 0.15) is 31.3 Å². The number of hydrogen-bond donors (Lipinski definition) is 5. The molecule has 0 aliphatic carbocycles. The van der Waals surface area contributed by atoms with E-state index in [9.17, 15) is 73.8 Å². The number of hydrogen-bond acceptors (Lipinski definition) is 21. The number of aromatic hydroxyl groups is 1. The third-order valence-electron chi connectivity index (χ3n) is 8.68. The summed E-state index contributed by atoms with van der Waals surface area (Å²) in [6.07, 6.45) is 0. The van der Waals surface area contributed by atoms with Crippen molar-refractivity contribution in [3.05, 3.63) is 53.8 Å². The smallest absolute Gasteiger partial charge is 0.744 e. The maximum absolute atomic E-state index is 12.7. The van der Waals surface area contributed by atoms with Crippen molar-refractivity contribution in [2.45, 2.75) is 19.6 Å². The summed E-state index contributed by atoms with van der Waals surface area (Å²) in [5.41, 5.74) is -2.67. The maximum Gasteiger partial charge on any atom is 1.00 e. The van der Waals surface area contributed by atoms with Crippen molar-refractivity contribution >= 4 is 145 Å². The predicted molar refractivity (Wildman–Crippen MR) is 230 cm³/mol.